The zero-order valence-corrected chi connectivity index (χ0v) is 11.2. The smallest absolute Gasteiger partial charge is 0.180 e. The molecule has 0 aromatic carbocycles. The number of anilines is 2. The van der Waals surface area contributed by atoms with E-state index >= 15 is 0 Å². The van der Waals surface area contributed by atoms with E-state index in [4.69, 9.17) is 0 Å². The van der Waals surface area contributed by atoms with Crippen molar-refractivity contribution in [3.05, 3.63) is 48.7 Å². The minimum atomic E-state index is 0.666. The third kappa shape index (κ3) is 2.54. The minimum absolute atomic E-state index is 0.666. The molecule has 3 heterocycles. The molecule has 0 saturated carbocycles. The maximum atomic E-state index is 4.55. The fourth-order valence-electron chi connectivity index (χ4n) is 2.01. The van der Waals surface area contributed by atoms with Crippen molar-refractivity contribution in [1.82, 2.24) is 19.4 Å². The highest BCUT2D eigenvalue weighted by atomic mass is 15.1. The van der Waals surface area contributed by atoms with Gasteiger partial charge in [-0.1, -0.05) is 6.07 Å². The lowest BCUT2D eigenvalue weighted by molar-refractivity contribution is 1.04. The molecule has 3 aromatic rings. The van der Waals surface area contributed by atoms with Gasteiger partial charge >= 0.3 is 0 Å². The van der Waals surface area contributed by atoms with Gasteiger partial charge in [-0.2, -0.15) is 0 Å². The van der Waals surface area contributed by atoms with E-state index in [2.05, 4.69) is 25.6 Å². The molecule has 3 aromatic heterocycles. The fraction of sp³-hybridized carbons (Fsp3) is 0.214. The van der Waals surface area contributed by atoms with Crippen LogP contribution in [0.4, 0.5) is 11.6 Å². The molecule has 0 amide bonds. The topological polar surface area (TPSA) is 67.1 Å². The quantitative estimate of drug-likeness (QED) is 0.742. The van der Waals surface area contributed by atoms with Crippen molar-refractivity contribution in [3.8, 4) is 0 Å². The average Bonchev–Trinajstić information content (AvgIpc) is 2.95. The Balaban J connectivity index is 1.87. The van der Waals surface area contributed by atoms with Gasteiger partial charge in [-0.05, 0) is 18.6 Å². The molecule has 0 unspecified atom stereocenters. The predicted octanol–water partition coefficient (Wildman–Crippen LogP) is 2.17. The summed E-state index contributed by atoms with van der Waals surface area (Å²) < 4.78 is 1.95. The van der Waals surface area contributed by atoms with E-state index in [0.29, 0.717) is 6.54 Å². The molecule has 0 radical (unpaired) electrons. The van der Waals surface area contributed by atoms with Crippen LogP contribution in [-0.4, -0.2) is 25.9 Å². The van der Waals surface area contributed by atoms with Crippen molar-refractivity contribution in [3.63, 3.8) is 0 Å². The summed E-state index contributed by atoms with van der Waals surface area (Å²) in [7, 11) is 0. The number of hydrogen-bond acceptors (Lipinski definition) is 5. The number of fused-ring (bicyclic) bond motifs is 1. The number of aromatic nitrogens is 4. The molecule has 20 heavy (non-hydrogen) atoms. The van der Waals surface area contributed by atoms with E-state index in [0.717, 1.165) is 29.4 Å². The molecular weight excluding hydrogens is 252 g/mol. The summed E-state index contributed by atoms with van der Waals surface area (Å²) in [6, 6.07) is 3.95. The van der Waals surface area contributed by atoms with Gasteiger partial charge < -0.3 is 15.0 Å². The average molecular weight is 268 g/mol. The highest BCUT2D eigenvalue weighted by Crippen LogP contribution is 2.17. The number of nitrogens with one attached hydrogen (secondary N) is 2. The Labute approximate surface area is 116 Å². The van der Waals surface area contributed by atoms with Crippen LogP contribution >= 0.6 is 0 Å². The number of imidazole rings is 1. The first kappa shape index (κ1) is 12.4. The zero-order chi connectivity index (χ0) is 13.8. The van der Waals surface area contributed by atoms with E-state index in [1.807, 2.05) is 42.0 Å². The summed E-state index contributed by atoms with van der Waals surface area (Å²) in [5.74, 6) is 1.59. The Bertz CT molecular complexity index is 691. The monoisotopic (exact) mass is 268 g/mol. The van der Waals surface area contributed by atoms with E-state index in [1.54, 1.807) is 12.4 Å². The van der Waals surface area contributed by atoms with Crippen LogP contribution in [0.25, 0.3) is 5.65 Å². The van der Waals surface area contributed by atoms with Gasteiger partial charge in [0.25, 0.3) is 0 Å². The first-order chi connectivity index (χ1) is 9.86. The van der Waals surface area contributed by atoms with Crippen LogP contribution < -0.4 is 10.6 Å². The molecule has 0 fully saturated rings. The second-order valence-corrected chi connectivity index (χ2v) is 4.38. The summed E-state index contributed by atoms with van der Waals surface area (Å²) >= 11 is 0. The second kappa shape index (κ2) is 5.56. The van der Waals surface area contributed by atoms with E-state index in [-0.39, 0.29) is 0 Å². The van der Waals surface area contributed by atoms with E-state index in [1.165, 1.54) is 0 Å². The third-order valence-corrected chi connectivity index (χ3v) is 2.91. The normalized spacial score (nSPS) is 10.7. The van der Waals surface area contributed by atoms with Gasteiger partial charge in [0.05, 0.1) is 6.20 Å². The minimum Gasteiger partial charge on any atom is -0.369 e. The molecule has 6 nitrogen and oxygen atoms in total. The Kier molecular flexibility index (Phi) is 3.45. The highest BCUT2D eigenvalue weighted by molar-refractivity contribution is 5.65. The van der Waals surface area contributed by atoms with E-state index in [9.17, 15) is 0 Å². The molecule has 0 bridgehead atoms. The number of pyridine rings is 1. The van der Waals surface area contributed by atoms with Gasteiger partial charge in [0.2, 0.25) is 0 Å². The largest absolute Gasteiger partial charge is 0.369 e. The third-order valence-electron chi connectivity index (χ3n) is 2.91. The first-order valence-corrected chi connectivity index (χ1v) is 6.57. The number of hydrogen-bond donors (Lipinski definition) is 2. The molecular formula is C14H16N6. The first-order valence-electron chi connectivity index (χ1n) is 6.57. The van der Waals surface area contributed by atoms with Gasteiger partial charge in [-0.25, -0.2) is 9.97 Å². The molecule has 0 saturated heterocycles. The Hall–Kier alpha value is -2.63. The Morgan fingerprint density at radius 3 is 3.00 bits per heavy atom. The van der Waals surface area contributed by atoms with Crippen molar-refractivity contribution in [2.75, 3.05) is 17.2 Å². The summed E-state index contributed by atoms with van der Waals surface area (Å²) in [4.78, 5) is 13.0. The fourth-order valence-corrected chi connectivity index (χ4v) is 2.01. The maximum absolute atomic E-state index is 4.55. The lowest BCUT2D eigenvalue weighted by Gasteiger charge is -2.10. The molecule has 0 atom stereocenters. The van der Waals surface area contributed by atoms with Gasteiger partial charge in [0.1, 0.15) is 5.82 Å². The van der Waals surface area contributed by atoms with Crippen LogP contribution in [-0.2, 0) is 6.54 Å². The van der Waals surface area contributed by atoms with Gasteiger partial charge in [-0.15, -0.1) is 0 Å². The van der Waals surface area contributed by atoms with Crippen molar-refractivity contribution in [2.24, 2.45) is 0 Å². The van der Waals surface area contributed by atoms with Crippen LogP contribution in [0.5, 0.6) is 0 Å². The van der Waals surface area contributed by atoms with Crippen molar-refractivity contribution < 1.29 is 0 Å². The second-order valence-electron chi connectivity index (χ2n) is 4.38. The molecule has 0 aliphatic rings. The van der Waals surface area contributed by atoms with Crippen LogP contribution in [0.3, 0.4) is 0 Å². The summed E-state index contributed by atoms with van der Waals surface area (Å²) in [5, 5.41) is 6.53. The summed E-state index contributed by atoms with van der Waals surface area (Å²) in [6.45, 7) is 3.54. The van der Waals surface area contributed by atoms with Gasteiger partial charge in [0.15, 0.2) is 11.5 Å². The van der Waals surface area contributed by atoms with Gasteiger partial charge in [0, 0.05) is 37.9 Å². The molecule has 6 heteroatoms. The molecule has 2 N–H and O–H groups in total. The van der Waals surface area contributed by atoms with Crippen LogP contribution in [0, 0.1) is 0 Å². The van der Waals surface area contributed by atoms with Crippen LogP contribution in [0.15, 0.2) is 43.1 Å². The Morgan fingerprint density at radius 2 is 2.20 bits per heavy atom. The van der Waals surface area contributed by atoms with Crippen molar-refractivity contribution in [2.45, 2.75) is 13.5 Å². The van der Waals surface area contributed by atoms with E-state index < -0.39 is 0 Å². The zero-order valence-electron chi connectivity index (χ0n) is 11.2. The van der Waals surface area contributed by atoms with Gasteiger partial charge in [-0.3, -0.25) is 4.98 Å². The van der Waals surface area contributed by atoms with Crippen LogP contribution in [0.2, 0.25) is 0 Å². The number of rotatable bonds is 5. The lowest BCUT2D eigenvalue weighted by atomic mass is 10.3. The summed E-state index contributed by atoms with van der Waals surface area (Å²) in [6.07, 6.45) is 9.21. The summed E-state index contributed by atoms with van der Waals surface area (Å²) in [5.41, 5.74) is 1.92. The molecule has 0 spiro atoms. The molecule has 0 aliphatic heterocycles. The highest BCUT2D eigenvalue weighted by Gasteiger charge is 2.06. The molecule has 0 aliphatic carbocycles. The molecule has 3 rings (SSSR count). The van der Waals surface area contributed by atoms with Crippen LogP contribution in [0.1, 0.15) is 12.5 Å². The standard InChI is InChI=1S/C14H16N6/c1-2-16-12-10-20-7-6-17-14(20)13(19-12)18-9-11-4-3-5-15-8-11/h3-8,10,16H,2,9H2,1H3,(H,18,19). The predicted molar refractivity (Wildman–Crippen MR) is 78.7 cm³/mol. The number of nitrogens with zero attached hydrogens (tertiary/aromatic N) is 4. The van der Waals surface area contributed by atoms with Crippen molar-refractivity contribution >= 4 is 17.3 Å². The van der Waals surface area contributed by atoms with Crippen molar-refractivity contribution in [1.29, 1.82) is 0 Å². The lowest BCUT2D eigenvalue weighted by Crippen LogP contribution is -2.07. The Morgan fingerprint density at radius 1 is 1.25 bits per heavy atom. The molecule has 102 valence electrons. The maximum Gasteiger partial charge on any atom is 0.180 e. The SMILES string of the molecule is CCNc1cn2ccnc2c(NCc2cccnc2)n1.